The molecule has 0 aliphatic carbocycles. The highest BCUT2D eigenvalue weighted by molar-refractivity contribution is 6.10. The average molecular weight is 463 g/mol. The van der Waals surface area contributed by atoms with Crippen LogP contribution in [0, 0.1) is 0 Å². The van der Waals surface area contributed by atoms with Crippen molar-refractivity contribution in [3.05, 3.63) is 74.8 Å². The molecule has 0 aliphatic heterocycles. The molecule has 0 heterocycles. The van der Waals surface area contributed by atoms with Crippen molar-refractivity contribution in [3.63, 3.8) is 0 Å². The number of carbonyl (C=O) groups is 1. The summed E-state index contributed by atoms with van der Waals surface area (Å²) in [5, 5.41) is 11.4. The van der Waals surface area contributed by atoms with E-state index < -0.39 is 0 Å². The molecule has 2 aromatic rings. The minimum atomic E-state index is -0.106. The first-order chi connectivity index (χ1) is 15.8. The fourth-order valence-corrected chi connectivity index (χ4v) is 4.64. The van der Waals surface area contributed by atoms with Crippen LogP contribution in [0.5, 0.6) is 0 Å². The van der Waals surface area contributed by atoms with Crippen LogP contribution < -0.4 is 0 Å². The predicted molar refractivity (Wildman–Crippen MR) is 148 cm³/mol. The molecule has 1 N–H and O–H groups in total. The van der Waals surface area contributed by atoms with Gasteiger partial charge in [0.05, 0.1) is 0 Å². The Balaban J connectivity index is 2.76. The Labute approximate surface area is 208 Å². The van der Waals surface area contributed by atoms with Gasteiger partial charge in [0.2, 0.25) is 0 Å². The molecule has 0 radical (unpaired) electrons. The van der Waals surface area contributed by atoms with Gasteiger partial charge in [0, 0.05) is 17.2 Å². The Morgan fingerprint density at radius 1 is 0.676 bits per heavy atom. The topological polar surface area (TPSA) is 37.3 Å². The van der Waals surface area contributed by atoms with Gasteiger partial charge in [-0.3, -0.25) is 4.79 Å². The van der Waals surface area contributed by atoms with Crippen LogP contribution in [-0.4, -0.2) is 10.9 Å². The number of allylic oxidation sites excluding steroid dienone is 1. The zero-order valence-electron chi connectivity index (χ0n) is 23.3. The van der Waals surface area contributed by atoms with Crippen molar-refractivity contribution in [2.45, 2.75) is 112 Å². The van der Waals surface area contributed by atoms with Gasteiger partial charge in [-0.05, 0) is 69.4 Å². The van der Waals surface area contributed by atoms with Crippen LogP contribution in [0.3, 0.4) is 0 Å². The first-order valence-electron chi connectivity index (χ1n) is 13.1. The van der Waals surface area contributed by atoms with Gasteiger partial charge < -0.3 is 5.11 Å². The number of hydrogen-bond donors (Lipinski definition) is 1. The summed E-state index contributed by atoms with van der Waals surface area (Å²) in [6, 6.07) is 8.77. The van der Waals surface area contributed by atoms with Gasteiger partial charge in [-0.15, -0.1) is 0 Å². The molecule has 2 nitrogen and oxygen atoms in total. The molecule has 2 aromatic carbocycles. The van der Waals surface area contributed by atoms with Crippen molar-refractivity contribution in [2.24, 2.45) is 0 Å². The molecule has 186 valence electrons. The number of rotatable bonds is 9. The summed E-state index contributed by atoms with van der Waals surface area (Å²) >= 11 is 0. The maximum absolute atomic E-state index is 13.7. The van der Waals surface area contributed by atoms with E-state index in [1.54, 1.807) is 0 Å². The van der Waals surface area contributed by atoms with Crippen LogP contribution in [0.15, 0.2) is 30.3 Å². The summed E-state index contributed by atoms with van der Waals surface area (Å²) in [6.07, 6.45) is 2.26. The largest absolute Gasteiger partial charge is 0.507 e. The molecule has 0 spiro atoms. The quantitative estimate of drug-likeness (QED) is 0.229. The third kappa shape index (κ3) is 6.01. The normalized spacial score (nSPS) is 12.6. The van der Waals surface area contributed by atoms with Gasteiger partial charge in [-0.1, -0.05) is 100 Å². The summed E-state index contributed by atoms with van der Waals surface area (Å²) in [5.41, 5.74) is 8.45. The van der Waals surface area contributed by atoms with E-state index >= 15 is 0 Å². The molecule has 0 amide bonds. The zero-order chi connectivity index (χ0) is 25.9. The summed E-state index contributed by atoms with van der Waals surface area (Å²) in [7, 11) is 0. The molecular formula is C32H46O2. The van der Waals surface area contributed by atoms with Crippen LogP contribution >= 0.6 is 0 Å². The first-order valence-corrected chi connectivity index (χ1v) is 13.1. The second-order valence-corrected chi connectivity index (χ2v) is 11.2. The number of hydrogen-bond acceptors (Lipinski definition) is 2. The van der Waals surface area contributed by atoms with Crippen LogP contribution in [-0.2, 0) is 6.42 Å². The first kappa shape index (κ1) is 27.9. The molecule has 2 heteroatoms. The van der Waals surface area contributed by atoms with Crippen LogP contribution in [0.25, 0.3) is 5.76 Å². The standard InChI is InChI=1S/C32H46O2/c1-12-23-13-24(18(2)3)14-26(20(6)7)31(23)29(33)17-30(34)32-27(21(8)9)15-25(19(4)5)16-28(32)22(10)11/h13-22,34H,12H2,1-11H3/b30-17-. The number of aliphatic hydroxyl groups is 1. The van der Waals surface area contributed by atoms with Gasteiger partial charge in [0.25, 0.3) is 0 Å². The van der Waals surface area contributed by atoms with Crippen molar-refractivity contribution < 1.29 is 9.90 Å². The van der Waals surface area contributed by atoms with Gasteiger partial charge in [-0.2, -0.15) is 0 Å². The number of aliphatic hydroxyl groups excluding tert-OH is 1. The Hall–Kier alpha value is -2.35. The lowest BCUT2D eigenvalue weighted by Crippen LogP contribution is -2.11. The monoisotopic (exact) mass is 462 g/mol. The molecule has 0 aliphatic rings. The van der Waals surface area contributed by atoms with Crippen LogP contribution in [0.4, 0.5) is 0 Å². The molecule has 0 saturated heterocycles. The van der Waals surface area contributed by atoms with Crippen LogP contribution in [0.2, 0.25) is 0 Å². The van der Waals surface area contributed by atoms with Gasteiger partial charge in [0.15, 0.2) is 5.78 Å². The van der Waals surface area contributed by atoms with E-state index in [0.29, 0.717) is 11.8 Å². The van der Waals surface area contributed by atoms with E-state index in [-0.39, 0.29) is 29.3 Å². The number of benzene rings is 2. The predicted octanol–water partition coefficient (Wildman–Crippen LogP) is 9.65. The van der Waals surface area contributed by atoms with Crippen molar-refractivity contribution in [3.8, 4) is 0 Å². The minimum Gasteiger partial charge on any atom is -0.507 e. The van der Waals surface area contributed by atoms with Crippen molar-refractivity contribution in [2.75, 3.05) is 0 Å². The smallest absolute Gasteiger partial charge is 0.190 e. The van der Waals surface area contributed by atoms with Gasteiger partial charge in [0.1, 0.15) is 5.76 Å². The molecule has 0 fully saturated rings. The molecule has 0 bridgehead atoms. The Morgan fingerprint density at radius 3 is 1.41 bits per heavy atom. The maximum atomic E-state index is 13.7. The van der Waals surface area contributed by atoms with Crippen molar-refractivity contribution >= 4 is 11.5 Å². The van der Waals surface area contributed by atoms with E-state index in [1.807, 2.05) is 0 Å². The Kier molecular flexibility index (Phi) is 9.34. The minimum absolute atomic E-state index is 0.0809. The third-order valence-electron chi connectivity index (χ3n) is 6.85. The second-order valence-electron chi connectivity index (χ2n) is 11.2. The number of aryl methyl sites for hydroxylation is 1. The maximum Gasteiger partial charge on any atom is 0.190 e. The molecule has 2 rings (SSSR count). The van der Waals surface area contributed by atoms with Crippen LogP contribution in [0.1, 0.15) is 155 Å². The van der Waals surface area contributed by atoms with E-state index in [9.17, 15) is 9.90 Å². The van der Waals surface area contributed by atoms with E-state index in [0.717, 1.165) is 39.8 Å². The van der Waals surface area contributed by atoms with E-state index in [2.05, 4.69) is 100 Å². The van der Waals surface area contributed by atoms with Crippen molar-refractivity contribution in [1.82, 2.24) is 0 Å². The molecule has 0 saturated carbocycles. The highest BCUT2D eigenvalue weighted by Gasteiger charge is 2.23. The summed E-state index contributed by atoms with van der Waals surface area (Å²) in [4.78, 5) is 13.7. The fraction of sp³-hybridized carbons (Fsp3) is 0.531. The average Bonchev–Trinajstić information content (AvgIpc) is 2.76. The molecular weight excluding hydrogens is 416 g/mol. The van der Waals surface area contributed by atoms with E-state index in [1.165, 1.54) is 17.2 Å². The molecule has 34 heavy (non-hydrogen) atoms. The zero-order valence-corrected chi connectivity index (χ0v) is 23.3. The lowest BCUT2D eigenvalue weighted by atomic mass is 9.82. The number of ketones is 1. The van der Waals surface area contributed by atoms with Gasteiger partial charge >= 0.3 is 0 Å². The second kappa shape index (κ2) is 11.4. The fourth-order valence-electron chi connectivity index (χ4n) is 4.64. The summed E-state index contributed by atoms with van der Waals surface area (Å²) in [5.74, 6) is 1.47. The molecule has 0 unspecified atom stereocenters. The highest BCUT2D eigenvalue weighted by Crippen LogP contribution is 2.36. The Bertz CT molecular complexity index is 1020. The van der Waals surface area contributed by atoms with Gasteiger partial charge in [-0.25, -0.2) is 0 Å². The van der Waals surface area contributed by atoms with E-state index in [4.69, 9.17) is 0 Å². The Morgan fingerprint density at radius 2 is 1.06 bits per heavy atom. The van der Waals surface area contributed by atoms with Crippen molar-refractivity contribution in [1.29, 1.82) is 0 Å². The lowest BCUT2D eigenvalue weighted by molar-refractivity contribution is 0.104. The SMILES string of the molecule is CCc1cc(C(C)C)cc(C(C)C)c1C(=O)/C=C(\O)c1c(C(C)C)cc(C(C)C)cc1C(C)C. The summed E-state index contributed by atoms with van der Waals surface area (Å²) in [6.45, 7) is 23.8. The highest BCUT2D eigenvalue weighted by atomic mass is 16.3. The summed E-state index contributed by atoms with van der Waals surface area (Å²) < 4.78 is 0. The molecule has 0 aromatic heterocycles. The number of carbonyl (C=O) groups excluding carboxylic acids is 1. The third-order valence-corrected chi connectivity index (χ3v) is 6.85. The molecule has 0 atom stereocenters. The lowest BCUT2D eigenvalue weighted by Gasteiger charge is -2.23.